The Hall–Kier alpha value is -2.17. The van der Waals surface area contributed by atoms with Gasteiger partial charge >= 0.3 is 0 Å². The molecule has 1 N–H and O–H groups in total. The van der Waals surface area contributed by atoms with Crippen LogP contribution >= 0.6 is 0 Å². The Kier molecular flexibility index (Phi) is 5.05. The molecule has 1 aromatic rings. The number of nitrogens with zero attached hydrogens (tertiary/aromatic N) is 1. The quantitative estimate of drug-likeness (QED) is 0.494. The van der Waals surface area contributed by atoms with Gasteiger partial charge in [-0.1, -0.05) is 6.92 Å². The molecule has 0 aliphatic rings. The summed E-state index contributed by atoms with van der Waals surface area (Å²) in [5.74, 6) is -0.164. The first-order chi connectivity index (χ1) is 8.52. The Morgan fingerprint density at radius 2 is 2.06 bits per heavy atom. The smallest absolute Gasteiger partial charge is 0.269 e. The molecule has 1 unspecified atom stereocenters. The van der Waals surface area contributed by atoms with Crippen LogP contribution in [0, 0.1) is 10.1 Å². The second-order valence-corrected chi connectivity index (χ2v) is 4.00. The van der Waals surface area contributed by atoms with Gasteiger partial charge in [-0.2, -0.15) is 0 Å². The molecule has 0 saturated heterocycles. The van der Waals surface area contributed by atoms with Crippen molar-refractivity contribution in [3.8, 4) is 0 Å². The molecular weight excluding hydrogens is 232 g/mol. The van der Waals surface area contributed by atoms with Crippen molar-refractivity contribution in [1.29, 1.82) is 0 Å². The molecule has 5 heteroatoms. The number of hydrogen-bond acceptors (Lipinski definition) is 3. The summed E-state index contributed by atoms with van der Waals surface area (Å²) in [5, 5.41) is 13.3. The highest BCUT2D eigenvalue weighted by Crippen LogP contribution is 2.12. The minimum absolute atomic E-state index is 0.0382. The fraction of sp³-hybridized carbons (Fsp3) is 0.308. The first kappa shape index (κ1) is 13.9. The maximum absolute atomic E-state index is 11.5. The van der Waals surface area contributed by atoms with Crippen LogP contribution in [0.5, 0.6) is 0 Å². The second kappa shape index (κ2) is 6.54. The summed E-state index contributed by atoms with van der Waals surface area (Å²) >= 11 is 0. The van der Waals surface area contributed by atoms with E-state index in [1.807, 2.05) is 13.8 Å². The van der Waals surface area contributed by atoms with Crippen LogP contribution < -0.4 is 5.32 Å². The van der Waals surface area contributed by atoms with Gasteiger partial charge in [0, 0.05) is 24.3 Å². The topological polar surface area (TPSA) is 72.2 Å². The Labute approximate surface area is 106 Å². The van der Waals surface area contributed by atoms with E-state index in [1.54, 1.807) is 18.2 Å². The molecule has 0 aliphatic heterocycles. The van der Waals surface area contributed by atoms with Crippen LogP contribution in [0.15, 0.2) is 30.3 Å². The van der Waals surface area contributed by atoms with E-state index in [2.05, 4.69) is 5.32 Å². The van der Waals surface area contributed by atoms with Gasteiger partial charge in [-0.05, 0) is 37.1 Å². The van der Waals surface area contributed by atoms with Crippen LogP contribution in [-0.4, -0.2) is 16.9 Å². The van der Waals surface area contributed by atoms with Gasteiger partial charge in [-0.15, -0.1) is 0 Å². The van der Waals surface area contributed by atoms with Crippen LogP contribution in [0.2, 0.25) is 0 Å². The van der Waals surface area contributed by atoms with E-state index in [0.29, 0.717) is 0 Å². The Morgan fingerprint density at radius 1 is 1.44 bits per heavy atom. The molecule has 1 aromatic carbocycles. The number of carbonyl (C=O) groups excluding carboxylic acids is 1. The highest BCUT2D eigenvalue weighted by Gasteiger charge is 2.03. The second-order valence-electron chi connectivity index (χ2n) is 4.00. The van der Waals surface area contributed by atoms with Gasteiger partial charge in [0.15, 0.2) is 0 Å². The zero-order valence-corrected chi connectivity index (χ0v) is 10.4. The van der Waals surface area contributed by atoms with Crippen LogP contribution in [0.1, 0.15) is 25.8 Å². The average molecular weight is 248 g/mol. The summed E-state index contributed by atoms with van der Waals surface area (Å²) in [6.45, 7) is 3.92. The van der Waals surface area contributed by atoms with E-state index in [0.717, 1.165) is 12.0 Å². The number of benzene rings is 1. The SMILES string of the molecule is CCC(C)NC(=O)/C=C/c1ccc([N+](=O)[O-])cc1. The van der Waals surface area contributed by atoms with E-state index < -0.39 is 4.92 Å². The molecule has 0 spiro atoms. The maximum Gasteiger partial charge on any atom is 0.269 e. The highest BCUT2D eigenvalue weighted by atomic mass is 16.6. The van der Waals surface area contributed by atoms with Crippen LogP contribution in [0.25, 0.3) is 6.08 Å². The number of nitro benzene ring substituents is 1. The van der Waals surface area contributed by atoms with E-state index >= 15 is 0 Å². The molecule has 0 fully saturated rings. The molecule has 0 saturated carbocycles. The van der Waals surface area contributed by atoms with E-state index in [4.69, 9.17) is 0 Å². The molecular formula is C13H16N2O3. The minimum atomic E-state index is -0.455. The lowest BCUT2D eigenvalue weighted by Crippen LogP contribution is -2.30. The third-order valence-electron chi connectivity index (χ3n) is 2.53. The fourth-order valence-electron chi connectivity index (χ4n) is 1.27. The molecule has 18 heavy (non-hydrogen) atoms. The Bertz CT molecular complexity index is 452. The van der Waals surface area contributed by atoms with Crippen molar-refractivity contribution in [3.63, 3.8) is 0 Å². The molecule has 0 aromatic heterocycles. The number of carbonyl (C=O) groups is 1. The zero-order valence-electron chi connectivity index (χ0n) is 10.4. The van der Waals surface area contributed by atoms with Gasteiger partial charge in [0.05, 0.1) is 4.92 Å². The van der Waals surface area contributed by atoms with Crippen molar-refractivity contribution < 1.29 is 9.72 Å². The predicted octanol–water partition coefficient (Wildman–Crippen LogP) is 2.52. The molecule has 0 aliphatic carbocycles. The molecule has 96 valence electrons. The summed E-state index contributed by atoms with van der Waals surface area (Å²) in [6.07, 6.45) is 3.92. The number of rotatable bonds is 5. The van der Waals surface area contributed by atoms with Crippen LogP contribution in [0.4, 0.5) is 5.69 Å². The van der Waals surface area contributed by atoms with Gasteiger partial charge in [0.1, 0.15) is 0 Å². The third kappa shape index (κ3) is 4.37. The number of nitro groups is 1. The predicted molar refractivity (Wildman–Crippen MR) is 70.0 cm³/mol. The summed E-state index contributed by atoms with van der Waals surface area (Å²) in [4.78, 5) is 21.5. The molecule has 0 bridgehead atoms. The van der Waals surface area contributed by atoms with Gasteiger partial charge in [-0.3, -0.25) is 14.9 Å². The summed E-state index contributed by atoms with van der Waals surface area (Å²) < 4.78 is 0. The van der Waals surface area contributed by atoms with Crippen molar-refractivity contribution in [3.05, 3.63) is 46.0 Å². The molecule has 1 amide bonds. The highest BCUT2D eigenvalue weighted by molar-refractivity contribution is 5.91. The first-order valence-electron chi connectivity index (χ1n) is 5.76. The lowest BCUT2D eigenvalue weighted by atomic mass is 10.2. The van der Waals surface area contributed by atoms with Crippen molar-refractivity contribution >= 4 is 17.7 Å². The zero-order chi connectivity index (χ0) is 13.5. The molecule has 5 nitrogen and oxygen atoms in total. The fourth-order valence-corrected chi connectivity index (χ4v) is 1.27. The number of non-ortho nitro benzene ring substituents is 1. The molecule has 1 atom stereocenters. The van der Waals surface area contributed by atoms with E-state index in [9.17, 15) is 14.9 Å². The number of amides is 1. The van der Waals surface area contributed by atoms with Crippen molar-refractivity contribution in [1.82, 2.24) is 5.32 Å². The Morgan fingerprint density at radius 3 is 2.56 bits per heavy atom. The number of nitrogens with one attached hydrogen (secondary N) is 1. The van der Waals surface area contributed by atoms with Crippen molar-refractivity contribution in [2.45, 2.75) is 26.3 Å². The van der Waals surface area contributed by atoms with Gasteiger partial charge in [0.25, 0.3) is 5.69 Å². The molecule has 0 heterocycles. The molecule has 0 radical (unpaired) electrons. The van der Waals surface area contributed by atoms with Crippen molar-refractivity contribution in [2.24, 2.45) is 0 Å². The normalized spacial score (nSPS) is 12.3. The standard InChI is InChI=1S/C13H16N2O3/c1-3-10(2)14-13(16)9-6-11-4-7-12(8-5-11)15(17)18/h4-10H,3H2,1-2H3,(H,14,16)/b9-6+. The summed E-state index contributed by atoms with van der Waals surface area (Å²) in [5.41, 5.74) is 0.788. The van der Waals surface area contributed by atoms with E-state index in [-0.39, 0.29) is 17.6 Å². The first-order valence-corrected chi connectivity index (χ1v) is 5.76. The monoisotopic (exact) mass is 248 g/mol. The number of hydrogen-bond donors (Lipinski definition) is 1. The van der Waals surface area contributed by atoms with Crippen LogP contribution in [-0.2, 0) is 4.79 Å². The summed E-state index contributed by atoms with van der Waals surface area (Å²) in [7, 11) is 0. The lowest BCUT2D eigenvalue weighted by molar-refractivity contribution is -0.384. The van der Waals surface area contributed by atoms with Gasteiger partial charge < -0.3 is 5.32 Å². The average Bonchev–Trinajstić information content (AvgIpc) is 2.36. The summed E-state index contributed by atoms with van der Waals surface area (Å²) in [6, 6.07) is 6.16. The lowest BCUT2D eigenvalue weighted by Gasteiger charge is -2.08. The molecule has 1 rings (SSSR count). The van der Waals surface area contributed by atoms with E-state index in [1.165, 1.54) is 18.2 Å². The largest absolute Gasteiger partial charge is 0.350 e. The van der Waals surface area contributed by atoms with Crippen LogP contribution in [0.3, 0.4) is 0 Å². The Balaban J connectivity index is 2.61. The van der Waals surface area contributed by atoms with Gasteiger partial charge in [0.2, 0.25) is 5.91 Å². The van der Waals surface area contributed by atoms with Gasteiger partial charge in [-0.25, -0.2) is 0 Å². The maximum atomic E-state index is 11.5. The van der Waals surface area contributed by atoms with Crippen molar-refractivity contribution in [2.75, 3.05) is 0 Å². The minimum Gasteiger partial charge on any atom is -0.350 e. The third-order valence-corrected chi connectivity index (χ3v) is 2.53.